The molecule has 2 N–H and O–H groups in total. The van der Waals surface area contributed by atoms with Gasteiger partial charge in [-0.2, -0.15) is 0 Å². The van der Waals surface area contributed by atoms with E-state index >= 15 is 0 Å². The van der Waals surface area contributed by atoms with Crippen molar-refractivity contribution in [3.05, 3.63) is 30.0 Å². The zero-order valence-electron chi connectivity index (χ0n) is 8.12. The van der Waals surface area contributed by atoms with Gasteiger partial charge in [-0.05, 0) is 36.7 Å². The van der Waals surface area contributed by atoms with E-state index in [-0.39, 0.29) is 0 Å². The minimum atomic E-state index is 0.614. The molecule has 1 aromatic heterocycles. The van der Waals surface area contributed by atoms with Gasteiger partial charge in [0.25, 0.3) is 0 Å². The van der Waals surface area contributed by atoms with Crippen molar-refractivity contribution in [1.82, 2.24) is 0 Å². The van der Waals surface area contributed by atoms with Crippen LogP contribution in [0.25, 0.3) is 11.0 Å². The van der Waals surface area contributed by atoms with Crippen molar-refractivity contribution in [3.63, 3.8) is 0 Å². The van der Waals surface area contributed by atoms with Crippen LogP contribution in [-0.4, -0.2) is 13.7 Å². The van der Waals surface area contributed by atoms with Crippen molar-refractivity contribution in [1.29, 1.82) is 0 Å². The molecular formula is C11H13NO2. The van der Waals surface area contributed by atoms with Crippen LogP contribution in [0.4, 0.5) is 0 Å². The molecule has 0 radical (unpaired) electrons. The highest BCUT2D eigenvalue weighted by Gasteiger charge is 2.06. The molecule has 1 heterocycles. The molecule has 0 fully saturated rings. The van der Waals surface area contributed by atoms with E-state index in [2.05, 4.69) is 0 Å². The van der Waals surface area contributed by atoms with Crippen LogP contribution in [0.15, 0.2) is 28.9 Å². The van der Waals surface area contributed by atoms with Crippen molar-refractivity contribution in [2.75, 3.05) is 13.7 Å². The predicted molar refractivity (Wildman–Crippen MR) is 55.5 cm³/mol. The molecule has 3 nitrogen and oxygen atoms in total. The van der Waals surface area contributed by atoms with E-state index in [9.17, 15) is 0 Å². The number of benzene rings is 1. The Balaban J connectivity index is 2.54. The Morgan fingerprint density at radius 2 is 2.29 bits per heavy atom. The van der Waals surface area contributed by atoms with Crippen LogP contribution in [0.3, 0.4) is 0 Å². The monoisotopic (exact) mass is 191 g/mol. The lowest BCUT2D eigenvalue weighted by atomic mass is 10.1. The summed E-state index contributed by atoms with van der Waals surface area (Å²) >= 11 is 0. The molecule has 0 aliphatic rings. The van der Waals surface area contributed by atoms with Crippen molar-refractivity contribution in [2.24, 2.45) is 5.73 Å². The first-order valence-corrected chi connectivity index (χ1v) is 4.59. The topological polar surface area (TPSA) is 48.4 Å². The third-order valence-corrected chi connectivity index (χ3v) is 2.27. The molecular weight excluding hydrogens is 178 g/mol. The molecule has 0 amide bonds. The predicted octanol–water partition coefficient (Wildman–Crippen LogP) is 1.94. The van der Waals surface area contributed by atoms with E-state index in [1.165, 1.54) is 0 Å². The van der Waals surface area contributed by atoms with Gasteiger partial charge in [-0.3, -0.25) is 0 Å². The minimum absolute atomic E-state index is 0.614. The Morgan fingerprint density at radius 1 is 1.43 bits per heavy atom. The molecule has 0 saturated heterocycles. The molecule has 0 aliphatic heterocycles. The van der Waals surface area contributed by atoms with Gasteiger partial charge in [0.05, 0.1) is 13.4 Å². The van der Waals surface area contributed by atoms with E-state index in [0.29, 0.717) is 6.54 Å². The van der Waals surface area contributed by atoms with E-state index in [1.54, 1.807) is 13.4 Å². The van der Waals surface area contributed by atoms with Crippen LogP contribution in [-0.2, 0) is 6.42 Å². The Morgan fingerprint density at radius 3 is 3.00 bits per heavy atom. The van der Waals surface area contributed by atoms with Gasteiger partial charge >= 0.3 is 0 Å². The quantitative estimate of drug-likeness (QED) is 0.806. The van der Waals surface area contributed by atoms with Gasteiger partial charge in [-0.15, -0.1) is 0 Å². The average molecular weight is 191 g/mol. The summed E-state index contributed by atoms with van der Waals surface area (Å²) in [4.78, 5) is 0. The maximum absolute atomic E-state index is 5.52. The lowest BCUT2D eigenvalue weighted by molar-refractivity contribution is 0.410. The van der Waals surface area contributed by atoms with Gasteiger partial charge in [-0.1, -0.05) is 0 Å². The molecule has 0 unspecified atom stereocenters. The zero-order valence-corrected chi connectivity index (χ0v) is 8.12. The van der Waals surface area contributed by atoms with Crippen molar-refractivity contribution >= 4 is 11.0 Å². The molecule has 74 valence electrons. The first-order chi connectivity index (χ1) is 6.85. The number of rotatable bonds is 3. The maximum Gasteiger partial charge on any atom is 0.134 e. The second-order valence-electron chi connectivity index (χ2n) is 3.16. The van der Waals surface area contributed by atoms with Crippen molar-refractivity contribution < 1.29 is 9.15 Å². The summed E-state index contributed by atoms with van der Waals surface area (Å²) in [6.45, 7) is 0.614. The Kier molecular flexibility index (Phi) is 2.41. The summed E-state index contributed by atoms with van der Waals surface area (Å²) in [5, 5.41) is 1.06. The Labute approximate surface area is 82.5 Å². The van der Waals surface area contributed by atoms with E-state index in [0.717, 1.165) is 28.7 Å². The highest BCUT2D eigenvalue weighted by Crippen LogP contribution is 2.26. The Hall–Kier alpha value is -1.48. The molecule has 1 aromatic carbocycles. The molecule has 14 heavy (non-hydrogen) atoms. The Bertz CT molecular complexity index is 434. The van der Waals surface area contributed by atoms with Crippen molar-refractivity contribution in [2.45, 2.75) is 6.42 Å². The van der Waals surface area contributed by atoms with Gasteiger partial charge in [-0.25, -0.2) is 0 Å². The van der Waals surface area contributed by atoms with Crippen LogP contribution >= 0.6 is 0 Å². The molecule has 2 aromatic rings. The highest BCUT2D eigenvalue weighted by molar-refractivity contribution is 5.80. The number of methoxy groups -OCH3 is 1. The van der Waals surface area contributed by atoms with Gasteiger partial charge in [0, 0.05) is 5.39 Å². The zero-order chi connectivity index (χ0) is 9.97. The minimum Gasteiger partial charge on any atom is -0.496 e. The summed E-state index contributed by atoms with van der Waals surface area (Å²) in [5.74, 6) is 0.879. The second kappa shape index (κ2) is 3.72. The number of fused-ring (bicyclic) bond motifs is 1. The van der Waals surface area contributed by atoms with Gasteiger partial charge in [0.1, 0.15) is 11.3 Å². The smallest absolute Gasteiger partial charge is 0.134 e. The molecule has 0 spiro atoms. The van der Waals surface area contributed by atoms with Gasteiger partial charge in [0.15, 0.2) is 0 Å². The normalized spacial score (nSPS) is 10.7. The number of hydrogen-bond donors (Lipinski definition) is 1. The van der Waals surface area contributed by atoms with Crippen LogP contribution in [0.1, 0.15) is 5.56 Å². The SMILES string of the molecule is COc1cc2ccoc2cc1CCN. The lowest BCUT2D eigenvalue weighted by Gasteiger charge is -2.06. The first-order valence-electron chi connectivity index (χ1n) is 4.59. The lowest BCUT2D eigenvalue weighted by Crippen LogP contribution is -2.04. The molecule has 3 heteroatoms. The highest BCUT2D eigenvalue weighted by atomic mass is 16.5. The van der Waals surface area contributed by atoms with E-state index in [1.807, 2.05) is 18.2 Å². The van der Waals surface area contributed by atoms with Gasteiger partial charge in [0.2, 0.25) is 0 Å². The third-order valence-electron chi connectivity index (χ3n) is 2.27. The standard InChI is InChI=1S/C11H13NO2/c1-13-10-6-9-3-5-14-11(9)7-8(10)2-4-12/h3,5-7H,2,4,12H2,1H3. The maximum atomic E-state index is 5.52. The van der Waals surface area contributed by atoms with Gasteiger partial charge < -0.3 is 14.9 Å². The average Bonchev–Trinajstić information content (AvgIpc) is 2.64. The summed E-state index contributed by atoms with van der Waals surface area (Å²) in [5.41, 5.74) is 7.50. The van der Waals surface area contributed by atoms with Crippen LogP contribution in [0.5, 0.6) is 5.75 Å². The van der Waals surface area contributed by atoms with E-state index < -0.39 is 0 Å². The summed E-state index contributed by atoms with van der Waals surface area (Å²) in [7, 11) is 1.67. The van der Waals surface area contributed by atoms with E-state index in [4.69, 9.17) is 14.9 Å². The second-order valence-corrected chi connectivity index (χ2v) is 3.16. The molecule has 0 bridgehead atoms. The fraction of sp³-hybridized carbons (Fsp3) is 0.273. The number of furan rings is 1. The molecule has 0 aliphatic carbocycles. The fourth-order valence-electron chi connectivity index (χ4n) is 1.57. The van der Waals surface area contributed by atoms with Crippen LogP contribution in [0.2, 0.25) is 0 Å². The van der Waals surface area contributed by atoms with Crippen molar-refractivity contribution in [3.8, 4) is 5.75 Å². The number of nitrogens with two attached hydrogens (primary N) is 1. The number of hydrogen-bond acceptors (Lipinski definition) is 3. The number of ether oxygens (including phenoxy) is 1. The summed E-state index contributed by atoms with van der Waals surface area (Å²) in [6.07, 6.45) is 2.48. The fourth-order valence-corrected chi connectivity index (χ4v) is 1.57. The molecule has 2 rings (SSSR count). The molecule has 0 saturated carbocycles. The summed E-state index contributed by atoms with van der Waals surface area (Å²) < 4.78 is 10.6. The molecule has 0 atom stereocenters. The van der Waals surface area contributed by atoms with Crippen LogP contribution in [0, 0.1) is 0 Å². The first kappa shape index (κ1) is 9.09. The largest absolute Gasteiger partial charge is 0.496 e. The third kappa shape index (κ3) is 1.46. The summed E-state index contributed by atoms with van der Waals surface area (Å²) in [6, 6.07) is 5.88. The van der Waals surface area contributed by atoms with Crippen LogP contribution < -0.4 is 10.5 Å².